The van der Waals surface area contributed by atoms with Crippen LogP contribution in [0.1, 0.15) is 73.6 Å². The van der Waals surface area contributed by atoms with Crippen LogP contribution in [0.3, 0.4) is 0 Å². The lowest BCUT2D eigenvalue weighted by Gasteiger charge is -2.61. The fourth-order valence-corrected chi connectivity index (χ4v) is 7.34. The van der Waals surface area contributed by atoms with E-state index < -0.39 is 5.60 Å². The Hall–Kier alpha value is -0.670. The van der Waals surface area contributed by atoms with Crippen molar-refractivity contribution in [2.45, 2.75) is 84.1 Å². The van der Waals surface area contributed by atoms with E-state index in [0.29, 0.717) is 17.3 Å². The molecule has 1 N–H and O–H groups in total. The van der Waals surface area contributed by atoms with Gasteiger partial charge in [-0.1, -0.05) is 47.1 Å². The molecule has 2 saturated carbocycles. The molecule has 0 radical (unpaired) electrons. The van der Waals surface area contributed by atoms with Gasteiger partial charge in [-0.05, 0) is 67.6 Å². The Morgan fingerprint density at radius 2 is 1.81 bits per heavy atom. The molecule has 0 spiro atoms. The number of aliphatic hydroxyl groups is 1. The van der Waals surface area contributed by atoms with Crippen molar-refractivity contribution in [2.75, 3.05) is 12.9 Å². The highest BCUT2D eigenvalue weighted by Gasteiger charge is 2.57. The summed E-state index contributed by atoms with van der Waals surface area (Å²) in [7, 11) is 1.71. The van der Waals surface area contributed by atoms with Gasteiger partial charge in [0.2, 0.25) is 0 Å². The Kier molecular flexibility index (Phi) is 7.35. The predicted molar refractivity (Wildman–Crippen MR) is 118 cm³/mol. The molecule has 0 aromatic heterocycles. The second-order valence-corrected chi connectivity index (χ2v) is 10.4. The smallest absolute Gasteiger partial charge is 0.119 e. The van der Waals surface area contributed by atoms with Gasteiger partial charge in [0.25, 0.3) is 0 Å². The monoisotopic (exact) mass is 392 g/mol. The van der Waals surface area contributed by atoms with E-state index in [-0.39, 0.29) is 5.41 Å². The number of methoxy groups -OCH3 is 1. The molecular formula is C24H40O2S. The zero-order chi connectivity index (χ0) is 20.3. The van der Waals surface area contributed by atoms with Crippen LogP contribution in [-0.4, -0.2) is 23.6 Å². The Balaban J connectivity index is 0.00000126. The number of ether oxygens (including phenoxy) is 1. The molecule has 0 heterocycles. The second-order valence-electron chi connectivity index (χ2n) is 9.34. The number of hydrogen-bond donors (Lipinski definition) is 1. The molecule has 0 amide bonds. The topological polar surface area (TPSA) is 29.5 Å². The summed E-state index contributed by atoms with van der Waals surface area (Å²) < 4.78 is 5.36. The highest BCUT2D eigenvalue weighted by molar-refractivity contribution is 7.99. The number of thioether (sulfide) groups is 1. The average molecular weight is 393 g/mol. The van der Waals surface area contributed by atoms with Gasteiger partial charge < -0.3 is 9.84 Å². The Morgan fingerprint density at radius 3 is 2.48 bits per heavy atom. The molecule has 4 atom stereocenters. The minimum atomic E-state index is -0.565. The van der Waals surface area contributed by atoms with Gasteiger partial charge in [-0.3, -0.25) is 0 Å². The first-order valence-electron chi connectivity index (χ1n) is 10.7. The third-order valence-corrected chi connectivity index (χ3v) is 8.31. The SMILES string of the molecule is CC.COc1cccc(SCC2C3(C)CCCC(C)(C)C3CC[C@@]2(C)O)c1. The fraction of sp³-hybridized carbons (Fsp3) is 0.750. The first kappa shape index (κ1) is 22.6. The summed E-state index contributed by atoms with van der Waals surface area (Å²) in [6, 6.07) is 8.29. The summed E-state index contributed by atoms with van der Waals surface area (Å²) in [4.78, 5) is 1.23. The van der Waals surface area contributed by atoms with Crippen molar-refractivity contribution in [1.82, 2.24) is 0 Å². The van der Waals surface area contributed by atoms with E-state index in [1.54, 1.807) is 7.11 Å². The van der Waals surface area contributed by atoms with Gasteiger partial charge in [-0.2, -0.15) is 0 Å². The van der Waals surface area contributed by atoms with Crippen molar-refractivity contribution in [3.05, 3.63) is 24.3 Å². The van der Waals surface area contributed by atoms with Gasteiger partial charge >= 0.3 is 0 Å². The molecule has 2 aliphatic rings. The van der Waals surface area contributed by atoms with Gasteiger partial charge in [0.15, 0.2) is 0 Å². The molecule has 0 bridgehead atoms. The van der Waals surface area contributed by atoms with Crippen LogP contribution in [0.5, 0.6) is 5.75 Å². The lowest BCUT2D eigenvalue weighted by atomic mass is 9.46. The van der Waals surface area contributed by atoms with E-state index in [1.807, 2.05) is 31.7 Å². The van der Waals surface area contributed by atoms with Crippen LogP contribution in [0.4, 0.5) is 0 Å². The minimum absolute atomic E-state index is 0.232. The van der Waals surface area contributed by atoms with E-state index in [1.165, 1.54) is 24.2 Å². The van der Waals surface area contributed by atoms with Gasteiger partial charge in [0.05, 0.1) is 12.7 Å². The van der Waals surface area contributed by atoms with E-state index in [2.05, 4.69) is 45.9 Å². The van der Waals surface area contributed by atoms with Crippen LogP contribution in [-0.2, 0) is 0 Å². The van der Waals surface area contributed by atoms with Crippen molar-refractivity contribution < 1.29 is 9.84 Å². The molecule has 2 aliphatic carbocycles. The molecule has 1 aromatic carbocycles. The third-order valence-electron chi connectivity index (χ3n) is 7.22. The van der Waals surface area contributed by atoms with Gasteiger partial charge in [0.1, 0.15) is 5.75 Å². The van der Waals surface area contributed by atoms with Crippen molar-refractivity contribution >= 4 is 11.8 Å². The summed E-state index contributed by atoms with van der Waals surface area (Å²) in [5, 5.41) is 11.2. The highest BCUT2D eigenvalue weighted by Crippen LogP contribution is 2.62. The van der Waals surface area contributed by atoms with Crippen LogP contribution in [0, 0.1) is 22.7 Å². The third kappa shape index (κ3) is 4.67. The quantitative estimate of drug-likeness (QED) is 0.571. The summed E-state index contributed by atoms with van der Waals surface area (Å²) in [6.07, 6.45) is 5.96. The molecule has 2 fully saturated rings. The Bertz CT molecular complexity index is 610. The highest BCUT2D eigenvalue weighted by atomic mass is 32.2. The van der Waals surface area contributed by atoms with E-state index in [0.717, 1.165) is 24.3 Å². The number of rotatable bonds is 4. The maximum atomic E-state index is 11.2. The van der Waals surface area contributed by atoms with Gasteiger partial charge in [-0.25, -0.2) is 0 Å². The largest absolute Gasteiger partial charge is 0.497 e. The maximum absolute atomic E-state index is 11.2. The Morgan fingerprint density at radius 1 is 1.11 bits per heavy atom. The predicted octanol–water partition coefficient (Wildman–Crippen LogP) is 6.81. The zero-order valence-corrected chi connectivity index (χ0v) is 19.3. The van der Waals surface area contributed by atoms with Gasteiger partial charge in [-0.15, -0.1) is 11.8 Å². The van der Waals surface area contributed by atoms with Crippen LogP contribution in [0.25, 0.3) is 0 Å². The standard InChI is InChI=1S/C22H34O2S.C2H6/c1-20(2)11-7-12-21(3)18(20)10-13-22(4,23)19(21)15-25-17-9-6-8-16(14-17)24-5;1-2/h6,8-9,14,18-19,23H,7,10-13,15H2,1-5H3;1-2H3/t18?,19?,21?,22-;/m1./s1. The van der Waals surface area contributed by atoms with Crippen LogP contribution in [0.2, 0.25) is 0 Å². The molecule has 1 aromatic rings. The lowest BCUT2D eigenvalue weighted by Crippen LogP contribution is -2.58. The van der Waals surface area contributed by atoms with E-state index in [9.17, 15) is 5.11 Å². The minimum Gasteiger partial charge on any atom is -0.497 e. The van der Waals surface area contributed by atoms with Crippen molar-refractivity contribution in [3.63, 3.8) is 0 Å². The van der Waals surface area contributed by atoms with Crippen molar-refractivity contribution in [1.29, 1.82) is 0 Å². The molecule has 3 unspecified atom stereocenters. The lowest BCUT2D eigenvalue weighted by molar-refractivity contribution is -0.158. The molecule has 3 rings (SSSR count). The molecule has 3 heteroatoms. The molecular weight excluding hydrogens is 352 g/mol. The Labute approximate surface area is 171 Å². The number of hydrogen-bond acceptors (Lipinski definition) is 3. The number of fused-ring (bicyclic) bond motifs is 1. The maximum Gasteiger partial charge on any atom is 0.119 e. The summed E-state index contributed by atoms with van der Waals surface area (Å²) >= 11 is 1.87. The van der Waals surface area contributed by atoms with Crippen molar-refractivity contribution in [3.8, 4) is 5.75 Å². The van der Waals surface area contributed by atoms with Gasteiger partial charge in [0, 0.05) is 16.6 Å². The van der Waals surface area contributed by atoms with Crippen LogP contribution < -0.4 is 4.74 Å². The first-order chi connectivity index (χ1) is 12.7. The molecule has 27 heavy (non-hydrogen) atoms. The van der Waals surface area contributed by atoms with Crippen LogP contribution >= 0.6 is 11.8 Å². The van der Waals surface area contributed by atoms with E-state index in [4.69, 9.17) is 4.74 Å². The first-order valence-corrected chi connectivity index (χ1v) is 11.7. The summed E-state index contributed by atoms with van der Waals surface area (Å²) in [5.74, 6) is 2.92. The molecule has 154 valence electrons. The second kappa shape index (κ2) is 8.78. The molecule has 2 nitrogen and oxygen atoms in total. The zero-order valence-electron chi connectivity index (χ0n) is 18.5. The molecule has 0 aliphatic heterocycles. The average Bonchev–Trinajstić information content (AvgIpc) is 2.61. The summed E-state index contributed by atoms with van der Waals surface area (Å²) in [6.45, 7) is 13.4. The van der Waals surface area contributed by atoms with E-state index >= 15 is 0 Å². The summed E-state index contributed by atoms with van der Waals surface area (Å²) in [5.41, 5.74) is 0.0578. The normalized spacial score (nSPS) is 34.8. The fourth-order valence-electron chi connectivity index (χ4n) is 5.87. The number of benzene rings is 1. The van der Waals surface area contributed by atoms with Crippen molar-refractivity contribution in [2.24, 2.45) is 22.7 Å². The van der Waals surface area contributed by atoms with Crippen LogP contribution in [0.15, 0.2) is 29.2 Å². The molecule has 0 saturated heterocycles.